The second-order valence-corrected chi connectivity index (χ2v) is 7.88. The molecule has 3 rings (SSSR count). The minimum absolute atomic E-state index is 0.0286. The maximum atomic E-state index is 12.3. The molecule has 1 saturated heterocycles. The van der Waals surface area contributed by atoms with Gasteiger partial charge in [-0.1, -0.05) is 28.1 Å². The van der Waals surface area contributed by atoms with Gasteiger partial charge >= 0.3 is 0 Å². The molecule has 1 aliphatic heterocycles. The molecule has 1 fully saturated rings. The van der Waals surface area contributed by atoms with Gasteiger partial charge < -0.3 is 10.2 Å². The minimum Gasteiger partial charge on any atom is -0.343 e. The molecule has 7 heteroatoms. The van der Waals surface area contributed by atoms with Crippen molar-refractivity contribution in [1.29, 1.82) is 0 Å². The van der Waals surface area contributed by atoms with Crippen LogP contribution in [0.25, 0.3) is 0 Å². The molecule has 0 unspecified atom stereocenters. The standard InChI is InChI=1S/C18H20BrN3O2S/c19-15-4-1-3-14(11-15)18(24)20-12-17(23)22-8-6-21(7-9-22)13-16-5-2-10-25-16/h1-5,10-11H,6-9,12-13H2,(H,20,24). The summed E-state index contributed by atoms with van der Waals surface area (Å²) in [5.74, 6) is -0.259. The first kappa shape index (κ1) is 18.1. The Morgan fingerprint density at radius 2 is 1.92 bits per heavy atom. The molecule has 1 aromatic carbocycles. The fourth-order valence-corrected chi connectivity index (χ4v) is 3.92. The number of nitrogens with zero attached hydrogens (tertiary/aromatic N) is 2. The van der Waals surface area contributed by atoms with Crippen LogP contribution in [-0.4, -0.2) is 54.3 Å². The first-order valence-corrected chi connectivity index (χ1v) is 9.85. The molecule has 25 heavy (non-hydrogen) atoms. The molecule has 1 N–H and O–H groups in total. The van der Waals surface area contributed by atoms with Crippen molar-refractivity contribution in [2.24, 2.45) is 0 Å². The quantitative estimate of drug-likeness (QED) is 0.806. The second-order valence-electron chi connectivity index (χ2n) is 5.93. The lowest BCUT2D eigenvalue weighted by molar-refractivity contribution is -0.131. The number of piperazine rings is 1. The van der Waals surface area contributed by atoms with Gasteiger partial charge in [0.15, 0.2) is 0 Å². The number of hydrogen-bond donors (Lipinski definition) is 1. The van der Waals surface area contributed by atoms with E-state index in [-0.39, 0.29) is 18.4 Å². The summed E-state index contributed by atoms with van der Waals surface area (Å²) in [6, 6.07) is 11.3. The highest BCUT2D eigenvalue weighted by Gasteiger charge is 2.21. The number of nitrogens with one attached hydrogen (secondary N) is 1. The molecular formula is C18H20BrN3O2S. The van der Waals surface area contributed by atoms with Crippen LogP contribution in [0.1, 0.15) is 15.2 Å². The average molecular weight is 422 g/mol. The lowest BCUT2D eigenvalue weighted by Gasteiger charge is -2.34. The van der Waals surface area contributed by atoms with Crippen LogP contribution in [0, 0.1) is 0 Å². The van der Waals surface area contributed by atoms with E-state index in [1.165, 1.54) is 4.88 Å². The van der Waals surface area contributed by atoms with E-state index >= 15 is 0 Å². The molecule has 5 nitrogen and oxygen atoms in total. The zero-order valence-electron chi connectivity index (χ0n) is 13.8. The van der Waals surface area contributed by atoms with Crippen LogP contribution in [0.15, 0.2) is 46.3 Å². The fraction of sp³-hybridized carbons (Fsp3) is 0.333. The Labute approximate surface area is 159 Å². The number of hydrogen-bond acceptors (Lipinski definition) is 4. The van der Waals surface area contributed by atoms with E-state index in [1.54, 1.807) is 29.5 Å². The molecular weight excluding hydrogens is 402 g/mol. The van der Waals surface area contributed by atoms with Crippen LogP contribution in [0.4, 0.5) is 0 Å². The molecule has 2 heterocycles. The van der Waals surface area contributed by atoms with Crippen molar-refractivity contribution in [3.63, 3.8) is 0 Å². The molecule has 0 spiro atoms. The van der Waals surface area contributed by atoms with Crippen molar-refractivity contribution in [2.75, 3.05) is 32.7 Å². The molecule has 2 amide bonds. The molecule has 1 aromatic heterocycles. The lowest BCUT2D eigenvalue weighted by Crippen LogP contribution is -2.50. The monoisotopic (exact) mass is 421 g/mol. The maximum Gasteiger partial charge on any atom is 0.251 e. The molecule has 132 valence electrons. The summed E-state index contributed by atoms with van der Waals surface area (Å²) in [7, 11) is 0. The van der Waals surface area contributed by atoms with Crippen molar-refractivity contribution < 1.29 is 9.59 Å². The van der Waals surface area contributed by atoms with E-state index in [4.69, 9.17) is 0 Å². The highest BCUT2D eigenvalue weighted by molar-refractivity contribution is 9.10. The Bertz CT molecular complexity index is 728. The maximum absolute atomic E-state index is 12.3. The van der Waals surface area contributed by atoms with Gasteiger partial charge in [-0.2, -0.15) is 0 Å². The normalized spacial score (nSPS) is 15.2. The number of carbonyl (C=O) groups excluding carboxylic acids is 2. The van der Waals surface area contributed by atoms with Crippen molar-refractivity contribution in [2.45, 2.75) is 6.54 Å². The van der Waals surface area contributed by atoms with Crippen LogP contribution in [0.3, 0.4) is 0 Å². The number of carbonyl (C=O) groups is 2. The first-order valence-electron chi connectivity index (χ1n) is 8.18. The summed E-state index contributed by atoms with van der Waals surface area (Å²) in [6.45, 7) is 4.12. The number of benzene rings is 1. The summed E-state index contributed by atoms with van der Waals surface area (Å²) in [5.41, 5.74) is 0.544. The van der Waals surface area contributed by atoms with Crippen LogP contribution in [0.2, 0.25) is 0 Å². The lowest BCUT2D eigenvalue weighted by atomic mass is 10.2. The second kappa shape index (κ2) is 8.60. The Hall–Kier alpha value is -1.70. The van der Waals surface area contributed by atoms with Crippen molar-refractivity contribution in [1.82, 2.24) is 15.1 Å². The number of thiophene rings is 1. The van der Waals surface area contributed by atoms with Crippen LogP contribution in [0.5, 0.6) is 0 Å². The van der Waals surface area contributed by atoms with Gasteiger partial charge in [-0.3, -0.25) is 14.5 Å². The Kier molecular flexibility index (Phi) is 6.23. The molecule has 1 aliphatic rings. The van der Waals surface area contributed by atoms with Crippen LogP contribution < -0.4 is 5.32 Å². The van der Waals surface area contributed by atoms with Gasteiger partial charge in [-0.05, 0) is 29.6 Å². The van der Waals surface area contributed by atoms with E-state index in [2.05, 4.69) is 43.7 Å². The molecule has 0 saturated carbocycles. The summed E-state index contributed by atoms with van der Waals surface area (Å²) < 4.78 is 0.841. The highest BCUT2D eigenvalue weighted by atomic mass is 79.9. The zero-order valence-corrected chi connectivity index (χ0v) is 16.2. The molecule has 0 aliphatic carbocycles. The predicted octanol–water partition coefficient (Wildman–Crippen LogP) is 2.58. The first-order chi connectivity index (χ1) is 12.1. The van der Waals surface area contributed by atoms with E-state index in [9.17, 15) is 9.59 Å². The predicted molar refractivity (Wildman–Crippen MR) is 103 cm³/mol. The number of halogens is 1. The van der Waals surface area contributed by atoms with Gasteiger partial charge in [0.2, 0.25) is 5.91 Å². The minimum atomic E-state index is -0.231. The molecule has 0 atom stereocenters. The topological polar surface area (TPSA) is 52.7 Å². The summed E-state index contributed by atoms with van der Waals surface area (Å²) in [6.07, 6.45) is 0. The smallest absolute Gasteiger partial charge is 0.251 e. The van der Waals surface area contributed by atoms with Crippen LogP contribution >= 0.6 is 27.3 Å². The molecule has 0 radical (unpaired) electrons. The number of rotatable bonds is 5. The van der Waals surface area contributed by atoms with Gasteiger partial charge in [0, 0.05) is 47.6 Å². The summed E-state index contributed by atoms with van der Waals surface area (Å²) in [4.78, 5) is 29.9. The van der Waals surface area contributed by atoms with Crippen molar-refractivity contribution in [3.05, 3.63) is 56.7 Å². The third-order valence-corrected chi connectivity index (χ3v) is 5.53. The third-order valence-electron chi connectivity index (χ3n) is 4.17. The Morgan fingerprint density at radius 3 is 2.60 bits per heavy atom. The number of amides is 2. The summed E-state index contributed by atoms with van der Waals surface area (Å²) >= 11 is 5.10. The largest absolute Gasteiger partial charge is 0.343 e. The average Bonchev–Trinajstić information content (AvgIpc) is 3.13. The van der Waals surface area contributed by atoms with Gasteiger partial charge in [0.25, 0.3) is 5.91 Å². The van der Waals surface area contributed by atoms with Gasteiger partial charge in [0.05, 0.1) is 6.54 Å². The molecule has 2 aromatic rings. The van der Waals surface area contributed by atoms with Crippen LogP contribution in [-0.2, 0) is 11.3 Å². The van der Waals surface area contributed by atoms with E-state index in [0.29, 0.717) is 18.7 Å². The SMILES string of the molecule is O=C(NCC(=O)N1CCN(Cc2cccs2)CC1)c1cccc(Br)c1. The van der Waals surface area contributed by atoms with Crippen molar-refractivity contribution in [3.8, 4) is 0 Å². The van der Waals surface area contributed by atoms with Crippen molar-refractivity contribution >= 4 is 39.1 Å². The summed E-state index contributed by atoms with van der Waals surface area (Å²) in [5, 5.41) is 4.79. The third kappa shape index (κ3) is 5.14. The zero-order chi connectivity index (χ0) is 17.6. The Balaban J connectivity index is 1.42. The van der Waals surface area contributed by atoms with Gasteiger partial charge in [-0.25, -0.2) is 0 Å². The van der Waals surface area contributed by atoms with E-state index in [0.717, 1.165) is 24.1 Å². The highest BCUT2D eigenvalue weighted by Crippen LogP contribution is 2.14. The Morgan fingerprint density at radius 1 is 1.12 bits per heavy atom. The fourth-order valence-electron chi connectivity index (χ4n) is 2.78. The molecule has 0 bridgehead atoms. The van der Waals surface area contributed by atoms with E-state index in [1.807, 2.05) is 11.0 Å². The van der Waals surface area contributed by atoms with Gasteiger partial charge in [0.1, 0.15) is 0 Å². The van der Waals surface area contributed by atoms with Gasteiger partial charge in [-0.15, -0.1) is 11.3 Å². The van der Waals surface area contributed by atoms with E-state index < -0.39 is 0 Å².